The summed E-state index contributed by atoms with van der Waals surface area (Å²) >= 11 is 0. The Morgan fingerprint density at radius 3 is 2.43 bits per heavy atom. The molecule has 3 rings (SSSR count). The molecule has 3 aromatic rings. The fraction of sp³-hybridized carbons (Fsp3) is 0.360. The highest BCUT2D eigenvalue weighted by atomic mass is 19.1. The summed E-state index contributed by atoms with van der Waals surface area (Å²) in [5.74, 6) is 0.366. The van der Waals surface area contributed by atoms with Gasteiger partial charge in [0.1, 0.15) is 5.82 Å². The van der Waals surface area contributed by atoms with Gasteiger partial charge in [-0.2, -0.15) is 0 Å². The van der Waals surface area contributed by atoms with Gasteiger partial charge < -0.3 is 4.57 Å². The number of aryl methyl sites for hydroxylation is 1. The molecule has 0 N–H and O–H groups in total. The molecule has 0 aliphatic heterocycles. The Balaban J connectivity index is 1.81. The Morgan fingerprint density at radius 1 is 0.929 bits per heavy atom. The van der Waals surface area contributed by atoms with Gasteiger partial charge in [-0.25, -0.2) is 4.39 Å². The zero-order chi connectivity index (χ0) is 20.1. The Kier molecular flexibility index (Phi) is 6.69. The maximum absolute atomic E-state index is 14.3. The average molecular weight is 379 g/mol. The standard InChI is InChI=1S/C25H31FN2/c1-19(2)21(4)28(17-23-11-5-6-13-25(23)26)18-24-12-8-14-27(24)16-22-10-7-9-20(3)15-22/h5-15,19,21H,16-18H2,1-4H3/t21-/m0/s1. The molecule has 0 fully saturated rings. The van der Waals surface area contributed by atoms with Crippen molar-refractivity contribution in [3.63, 3.8) is 0 Å². The van der Waals surface area contributed by atoms with Crippen molar-refractivity contribution in [3.05, 3.63) is 95.1 Å². The predicted octanol–water partition coefficient (Wildman–Crippen LogP) is 6.03. The molecular formula is C25H31FN2. The summed E-state index contributed by atoms with van der Waals surface area (Å²) in [7, 11) is 0. The molecular weight excluding hydrogens is 347 g/mol. The molecule has 0 spiro atoms. The van der Waals surface area contributed by atoms with E-state index in [1.807, 2.05) is 12.1 Å². The lowest BCUT2D eigenvalue weighted by molar-refractivity contribution is 0.146. The van der Waals surface area contributed by atoms with Crippen molar-refractivity contribution in [1.29, 1.82) is 0 Å². The summed E-state index contributed by atoms with van der Waals surface area (Å²) < 4.78 is 16.6. The fourth-order valence-corrected chi connectivity index (χ4v) is 3.57. The van der Waals surface area contributed by atoms with E-state index in [1.54, 1.807) is 12.1 Å². The van der Waals surface area contributed by atoms with Gasteiger partial charge in [-0.1, -0.05) is 61.9 Å². The van der Waals surface area contributed by atoms with Gasteiger partial charge in [0, 0.05) is 43.1 Å². The molecule has 0 saturated heterocycles. The van der Waals surface area contributed by atoms with E-state index in [-0.39, 0.29) is 5.82 Å². The number of hydrogen-bond donors (Lipinski definition) is 0. The normalized spacial score (nSPS) is 12.7. The molecule has 2 aromatic carbocycles. The lowest BCUT2D eigenvalue weighted by Crippen LogP contribution is -2.36. The first-order valence-electron chi connectivity index (χ1n) is 10.1. The average Bonchev–Trinajstić information content (AvgIpc) is 3.09. The monoisotopic (exact) mass is 378 g/mol. The minimum absolute atomic E-state index is 0.126. The van der Waals surface area contributed by atoms with Gasteiger partial charge in [0.05, 0.1) is 0 Å². The summed E-state index contributed by atoms with van der Waals surface area (Å²) in [6.45, 7) is 11.1. The van der Waals surface area contributed by atoms with Crippen molar-refractivity contribution in [2.24, 2.45) is 5.92 Å². The summed E-state index contributed by atoms with van der Waals surface area (Å²) in [6.07, 6.45) is 2.14. The van der Waals surface area contributed by atoms with Crippen LogP contribution in [0, 0.1) is 18.7 Å². The zero-order valence-corrected chi connectivity index (χ0v) is 17.4. The van der Waals surface area contributed by atoms with Crippen LogP contribution in [0.3, 0.4) is 0 Å². The van der Waals surface area contributed by atoms with Crippen molar-refractivity contribution in [1.82, 2.24) is 9.47 Å². The largest absolute Gasteiger partial charge is 0.346 e. The molecule has 3 heteroatoms. The van der Waals surface area contributed by atoms with Gasteiger partial charge in [0.25, 0.3) is 0 Å². The molecule has 0 bridgehead atoms. The Labute approximate surface area is 168 Å². The van der Waals surface area contributed by atoms with Crippen molar-refractivity contribution >= 4 is 0 Å². The second kappa shape index (κ2) is 9.20. The third-order valence-corrected chi connectivity index (χ3v) is 5.60. The van der Waals surface area contributed by atoms with E-state index in [0.717, 1.165) is 18.7 Å². The molecule has 148 valence electrons. The first-order chi connectivity index (χ1) is 13.4. The number of rotatable bonds is 8. The smallest absolute Gasteiger partial charge is 0.127 e. The van der Waals surface area contributed by atoms with E-state index in [0.29, 0.717) is 18.5 Å². The van der Waals surface area contributed by atoms with E-state index >= 15 is 0 Å². The van der Waals surface area contributed by atoms with Gasteiger partial charge in [0.15, 0.2) is 0 Å². The molecule has 1 heterocycles. The number of nitrogens with zero attached hydrogens (tertiary/aromatic N) is 2. The van der Waals surface area contributed by atoms with Crippen molar-refractivity contribution in [2.75, 3.05) is 0 Å². The van der Waals surface area contributed by atoms with Gasteiger partial charge in [0.2, 0.25) is 0 Å². The number of halogens is 1. The maximum atomic E-state index is 14.3. The summed E-state index contributed by atoms with van der Waals surface area (Å²) in [5.41, 5.74) is 4.59. The molecule has 1 atom stereocenters. The van der Waals surface area contributed by atoms with Gasteiger partial charge in [-0.15, -0.1) is 0 Å². The van der Waals surface area contributed by atoms with Crippen molar-refractivity contribution in [2.45, 2.75) is 53.4 Å². The van der Waals surface area contributed by atoms with Crippen LogP contribution in [0.4, 0.5) is 4.39 Å². The molecule has 0 amide bonds. The summed E-state index contributed by atoms with van der Waals surface area (Å²) in [6, 6.07) is 20.4. The minimum Gasteiger partial charge on any atom is -0.346 e. The quantitative estimate of drug-likeness (QED) is 0.464. The molecule has 0 saturated carbocycles. The zero-order valence-electron chi connectivity index (χ0n) is 17.4. The molecule has 1 aromatic heterocycles. The van der Waals surface area contributed by atoms with E-state index in [4.69, 9.17) is 0 Å². The number of benzene rings is 2. The molecule has 0 aliphatic carbocycles. The van der Waals surface area contributed by atoms with E-state index in [2.05, 4.69) is 79.8 Å². The lowest BCUT2D eigenvalue weighted by atomic mass is 10.0. The number of aromatic nitrogens is 1. The third-order valence-electron chi connectivity index (χ3n) is 5.60. The topological polar surface area (TPSA) is 8.17 Å². The van der Waals surface area contributed by atoms with Crippen molar-refractivity contribution in [3.8, 4) is 0 Å². The van der Waals surface area contributed by atoms with Crippen LogP contribution >= 0.6 is 0 Å². The van der Waals surface area contributed by atoms with Crippen LogP contribution in [-0.4, -0.2) is 15.5 Å². The SMILES string of the molecule is Cc1cccc(Cn2cccc2CN(Cc2ccccc2F)[C@@H](C)C(C)C)c1. The van der Waals surface area contributed by atoms with Crippen LogP contribution < -0.4 is 0 Å². The highest BCUT2D eigenvalue weighted by Gasteiger charge is 2.20. The lowest BCUT2D eigenvalue weighted by Gasteiger charge is -2.32. The van der Waals surface area contributed by atoms with E-state index in [9.17, 15) is 4.39 Å². The van der Waals surface area contributed by atoms with Crippen molar-refractivity contribution < 1.29 is 4.39 Å². The summed E-state index contributed by atoms with van der Waals surface area (Å²) in [4.78, 5) is 2.38. The Hall–Kier alpha value is -2.39. The first-order valence-corrected chi connectivity index (χ1v) is 10.1. The van der Waals surface area contributed by atoms with E-state index < -0.39 is 0 Å². The maximum Gasteiger partial charge on any atom is 0.127 e. The molecule has 0 aliphatic rings. The number of hydrogen-bond acceptors (Lipinski definition) is 1. The molecule has 0 unspecified atom stereocenters. The minimum atomic E-state index is -0.126. The molecule has 0 radical (unpaired) electrons. The van der Waals surface area contributed by atoms with Gasteiger partial charge in [-0.3, -0.25) is 4.90 Å². The van der Waals surface area contributed by atoms with Crippen LogP contribution in [0.25, 0.3) is 0 Å². The predicted molar refractivity (Wildman–Crippen MR) is 115 cm³/mol. The fourth-order valence-electron chi connectivity index (χ4n) is 3.57. The first kappa shape index (κ1) is 20.3. The van der Waals surface area contributed by atoms with Crippen LogP contribution in [0.5, 0.6) is 0 Å². The Morgan fingerprint density at radius 2 is 1.71 bits per heavy atom. The Bertz CT molecular complexity index is 897. The third kappa shape index (κ3) is 5.11. The molecule has 28 heavy (non-hydrogen) atoms. The van der Waals surface area contributed by atoms with Gasteiger partial charge >= 0.3 is 0 Å². The van der Waals surface area contributed by atoms with Crippen LogP contribution in [0.2, 0.25) is 0 Å². The second-order valence-electron chi connectivity index (χ2n) is 8.10. The van der Waals surface area contributed by atoms with Crippen LogP contribution in [-0.2, 0) is 19.6 Å². The van der Waals surface area contributed by atoms with Crippen LogP contribution in [0.15, 0.2) is 66.9 Å². The highest BCUT2D eigenvalue weighted by molar-refractivity contribution is 5.24. The van der Waals surface area contributed by atoms with Crippen LogP contribution in [0.1, 0.15) is 43.2 Å². The molecule has 2 nitrogen and oxygen atoms in total. The summed E-state index contributed by atoms with van der Waals surface area (Å²) in [5, 5.41) is 0. The van der Waals surface area contributed by atoms with Gasteiger partial charge in [-0.05, 0) is 43.5 Å². The van der Waals surface area contributed by atoms with E-state index in [1.165, 1.54) is 16.8 Å². The second-order valence-corrected chi connectivity index (χ2v) is 8.10. The highest BCUT2D eigenvalue weighted by Crippen LogP contribution is 2.20.